The average molecular weight is 206 g/mol. The lowest BCUT2D eigenvalue weighted by atomic mass is 10.2. The first-order chi connectivity index (χ1) is 5.74. The number of hydrogen-bond donors (Lipinski definition) is 0. The van der Waals surface area contributed by atoms with Crippen molar-refractivity contribution in [2.75, 3.05) is 5.88 Å². The molecule has 0 bridgehead atoms. The van der Waals surface area contributed by atoms with Gasteiger partial charge in [-0.05, 0) is 5.56 Å². The lowest BCUT2D eigenvalue weighted by Gasteiger charge is -1.95. The molecule has 64 valence electrons. The molecule has 0 aliphatic carbocycles. The van der Waals surface area contributed by atoms with Gasteiger partial charge in [-0.3, -0.25) is 0 Å². The molecule has 0 aliphatic heterocycles. The Bertz CT molecular complexity index is 299. The van der Waals surface area contributed by atoms with Crippen LogP contribution in [0.2, 0.25) is 5.02 Å². The summed E-state index contributed by atoms with van der Waals surface area (Å²) in [5.74, 6) is -0.172. The third kappa shape index (κ3) is 2.47. The van der Waals surface area contributed by atoms with E-state index in [1.165, 1.54) is 12.3 Å². The van der Waals surface area contributed by atoms with E-state index in [9.17, 15) is 4.39 Å². The van der Waals surface area contributed by atoms with Crippen LogP contribution in [0, 0.1) is 5.95 Å². The number of rotatable bonds is 2. The molecule has 0 spiro atoms. The number of halogens is 3. The third-order valence-corrected chi connectivity index (χ3v) is 1.73. The van der Waals surface area contributed by atoms with E-state index >= 15 is 0 Å². The van der Waals surface area contributed by atoms with Crippen LogP contribution < -0.4 is 0 Å². The Morgan fingerprint density at radius 2 is 2.33 bits per heavy atom. The molecule has 0 radical (unpaired) electrons. The number of hydrogen-bond acceptors (Lipinski definition) is 1. The van der Waals surface area contributed by atoms with Crippen LogP contribution in [0.1, 0.15) is 5.56 Å². The van der Waals surface area contributed by atoms with Crippen molar-refractivity contribution in [1.29, 1.82) is 0 Å². The fourth-order valence-corrected chi connectivity index (χ4v) is 0.982. The highest BCUT2D eigenvalue weighted by atomic mass is 35.5. The number of alkyl halides is 1. The largest absolute Gasteiger partial charge is 0.227 e. The summed E-state index contributed by atoms with van der Waals surface area (Å²) < 4.78 is 12.5. The third-order valence-electron chi connectivity index (χ3n) is 1.24. The van der Waals surface area contributed by atoms with E-state index in [4.69, 9.17) is 23.2 Å². The molecule has 0 saturated heterocycles. The molecular weight excluding hydrogens is 200 g/mol. The Morgan fingerprint density at radius 1 is 1.58 bits per heavy atom. The topological polar surface area (TPSA) is 12.9 Å². The van der Waals surface area contributed by atoms with Crippen molar-refractivity contribution < 1.29 is 4.39 Å². The second kappa shape index (κ2) is 4.43. The quantitative estimate of drug-likeness (QED) is 0.535. The maximum Gasteiger partial charge on any atom is 0.213 e. The van der Waals surface area contributed by atoms with Crippen molar-refractivity contribution in [3.63, 3.8) is 0 Å². The Balaban J connectivity index is 2.97. The molecular formula is C8H6Cl2FN. The number of pyridine rings is 1. The molecule has 1 aromatic rings. The van der Waals surface area contributed by atoms with Gasteiger partial charge in [0.15, 0.2) is 0 Å². The van der Waals surface area contributed by atoms with Crippen LogP contribution >= 0.6 is 23.2 Å². The van der Waals surface area contributed by atoms with Crippen LogP contribution in [0.25, 0.3) is 6.08 Å². The van der Waals surface area contributed by atoms with E-state index in [1.807, 2.05) is 0 Å². The Labute approximate surface area is 79.8 Å². The molecule has 12 heavy (non-hydrogen) atoms. The normalized spacial score (nSPS) is 10.9. The summed E-state index contributed by atoms with van der Waals surface area (Å²) in [5, 5.41) is 0.415. The minimum absolute atomic E-state index is 0.375. The molecule has 0 aliphatic rings. The van der Waals surface area contributed by atoms with Crippen molar-refractivity contribution in [3.05, 3.63) is 34.9 Å². The van der Waals surface area contributed by atoms with Crippen LogP contribution in [0.4, 0.5) is 4.39 Å². The van der Waals surface area contributed by atoms with E-state index in [-0.39, 0.29) is 0 Å². The predicted octanol–water partition coefficient (Wildman–Crippen LogP) is 3.13. The molecule has 0 atom stereocenters. The summed E-state index contributed by atoms with van der Waals surface area (Å²) in [4.78, 5) is 3.38. The Morgan fingerprint density at radius 3 is 3.00 bits per heavy atom. The molecule has 0 fully saturated rings. The van der Waals surface area contributed by atoms with Gasteiger partial charge >= 0.3 is 0 Å². The summed E-state index contributed by atoms with van der Waals surface area (Å²) in [5.41, 5.74) is 0.588. The van der Waals surface area contributed by atoms with E-state index in [1.54, 1.807) is 12.2 Å². The first-order valence-electron chi connectivity index (χ1n) is 3.27. The fourth-order valence-electron chi connectivity index (χ4n) is 0.727. The van der Waals surface area contributed by atoms with Crippen molar-refractivity contribution in [2.45, 2.75) is 0 Å². The van der Waals surface area contributed by atoms with Crippen LogP contribution in [0.5, 0.6) is 0 Å². The lowest BCUT2D eigenvalue weighted by Crippen LogP contribution is -1.84. The number of aromatic nitrogens is 1. The molecule has 0 saturated carbocycles. The molecule has 1 aromatic heterocycles. The van der Waals surface area contributed by atoms with Gasteiger partial charge in [-0.2, -0.15) is 4.39 Å². The minimum atomic E-state index is -0.548. The SMILES string of the molecule is Fc1cc(C=CCCl)c(Cl)cn1. The number of allylic oxidation sites excluding steroid dienone is 1. The van der Waals surface area contributed by atoms with Gasteiger partial charge in [-0.15, -0.1) is 11.6 Å². The monoisotopic (exact) mass is 205 g/mol. The van der Waals surface area contributed by atoms with E-state index in [2.05, 4.69) is 4.98 Å². The highest BCUT2D eigenvalue weighted by Crippen LogP contribution is 2.16. The fraction of sp³-hybridized carbons (Fsp3) is 0.125. The van der Waals surface area contributed by atoms with Crippen LogP contribution in [-0.2, 0) is 0 Å². The van der Waals surface area contributed by atoms with Gasteiger partial charge in [-0.25, -0.2) is 4.98 Å². The van der Waals surface area contributed by atoms with Gasteiger partial charge in [0, 0.05) is 18.1 Å². The van der Waals surface area contributed by atoms with Crippen molar-refractivity contribution >= 4 is 29.3 Å². The summed E-state index contributed by atoms with van der Waals surface area (Å²) >= 11 is 11.1. The predicted molar refractivity (Wildman–Crippen MR) is 49.0 cm³/mol. The maximum absolute atomic E-state index is 12.5. The molecule has 1 heterocycles. The van der Waals surface area contributed by atoms with Gasteiger partial charge in [0.05, 0.1) is 5.02 Å². The zero-order chi connectivity index (χ0) is 8.97. The first-order valence-corrected chi connectivity index (χ1v) is 4.19. The molecule has 4 heteroatoms. The van der Waals surface area contributed by atoms with Crippen LogP contribution in [0.3, 0.4) is 0 Å². The second-order valence-electron chi connectivity index (χ2n) is 2.09. The average Bonchev–Trinajstić information content (AvgIpc) is 2.07. The highest BCUT2D eigenvalue weighted by molar-refractivity contribution is 6.31. The van der Waals surface area contributed by atoms with E-state index < -0.39 is 5.95 Å². The Hall–Kier alpha value is -0.600. The summed E-state index contributed by atoms with van der Waals surface area (Å²) in [6.07, 6.45) is 4.60. The zero-order valence-corrected chi connectivity index (χ0v) is 7.61. The summed E-state index contributed by atoms with van der Waals surface area (Å²) in [6.45, 7) is 0. The smallest absolute Gasteiger partial charge is 0.213 e. The molecule has 0 amide bonds. The van der Waals surface area contributed by atoms with Crippen LogP contribution in [0.15, 0.2) is 18.3 Å². The van der Waals surface area contributed by atoms with Gasteiger partial charge in [0.2, 0.25) is 5.95 Å². The van der Waals surface area contributed by atoms with Gasteiger partial charge in [0.1, 0.15) is 0 Å². The number of nitrogens with zero attached hydrogens (tertiary/aromatic N) is 1. The molecule has 1 nitrogen and oxygen atoms in total. The second-order valence-corrected chi connectivity index (χ2v) is 2.80. The van der Waals surface area contributed by atoms with Crippen LogP contribution in [-0.4, -0.2) is 10.9 Å². The van der Waals surface area contributed by atoms with E-state index in [0.717, 1.165) is 0 Å². The van der Waals surface area contributed by atoms with Crippen molar-refractivity contribution in [1.82, 2.24) is 4.98 Å². The minimum Gasteiger partial charge on any atom is -0.227 e. The maximum atomic E-state index is 12.5. The molecule has 0 N–H and O–H groups in total. The highest BCUT2D eigenvalue weighted by Gasteiger charge is 1.98. The zero-order valence-electron chi connectivity index (χ0n) is 6.10. The molecule has 0 unspecified atom stereocenters. The molecule has 0 aromatic carbocycles. The summed E-state index contributed by atoms with van der Waals surface area (Å²) in [7, 11) is 0. The lowest BCUT2D eigenvalue weighted by molar-refractivity contribution is 0.583. The first kappa shape index (κ1) is 9.49. The van der Waals surface area contributed by atoms with Gasteiger partial charge in [0.25, 0.3) is 0 Å². The van der Waals surface area contributed by atoms with Crippen molar-refractivity contribution in [2.24, 2.45) is 0 Å². The van der Waals surface area contributed by atoms with E-state index in [0.29, 0.717) is 16.5 Å². The Kier molecular flexibility index (Phi) is 3.50. The molecule has 1 rings (SSSR count). The van der Waals surface area contributed by atoms with Gasteiger partial charge < -0.3 is 0 Å². The van der Waals surface area contributed by atoms with Crippen molar-refractivity contribution in [3.8, 4) is 0 Å². The summed E-state index contributed by atoms with van der Waals surface area (Å²) in [6, 6.07) is 1.26. The van der Waals surface area contributed by atoms with Gasteiger partial charge in [-0.1, -0.05) is 23.8 Å². The standard InChI is InChI=1S/C8H6Cl2FN/c9-3-1-2-6-4-8(11)12-5-7(6)10/h1-2,4-5H,3H2.